The average molecular weight is 315 g/mol. The molecule has 0 bridgehead atoms. The van der Waals surface area contributed by atoms with Crippen LogP contribution >= 0.6 is 0 Å². The van der Waals surface area contributed by atoms with Crippen LogP contribution in [-0.4, -0.2) is 32.9 Å². The maximum Gasteiger partial charge on any atom is 0.251 e. The number of hydrogen-bond donors (Lipinski definition) is 5. The molecule has 2 aromatic carbocycles. The van der Waals surface area contributed by atoms with Crippen LogP contribution in [0.1, 0.15) is 11.1 Å². The van der Waals surface area contributed by atoms with Gasteiger partial charge < -0.3 is 25.7 Å². The van der Waals surface area contributed by atoms with E-state index in [1.54, 1.807) is 6.07 Å². The van der Waals surface area contributed by atoms with Crippen molar-refractivity contribution in [3.63, 3.8) is 0 Å². The molecule has 0 aliphatic carbocycles. The summed E-state index contributed by atoms with van der Waals surface area (Å²) in [6.07, 6.45) is 0.466. The molecule has 0 heterocycles. The average Bonchev–Trinajstić information content (AvgIpc) is 2.52. The van der Waals surface area contributed by atoms with Crippen molar-refractivity contribution in [2.75, 3.05) is 6.54 Å². The lowest BCUT2D eigenvalue weighted by Crippen LogP contribution is -2.26. The van der Waals surface area contributed by atoms with Gasteiger partial charge in [0, 0.05) is 12.1 Å². The molecule has 0 aromatic heterocycles. The van der Waals surface area contributed by atoms with Crippen molar-refractivity contribution in [3.8, 4) is 23.0 Å². The van der Waals surface area contributed by atoms with Gasteiger partial charge in [0.1, 0.15) is 0 Å². The van der Waals surface area contributed by atoms with E-state index >= 15 is 0 Å². The Bertz CT molecular complexity index is 755. The van der Waals surface area contributed by atoms with E-state index in [0.29, 0.717) is 18.5 Å². The van der Waals surface area contributed by atoms with E-state index in [1.807, 2.05) is 0 Å². The maximum atomic E-state index is 12.0. The van der Waals surface area contributed by atoms with Crippen molar-refractivity contribution in [2.45, 2.75) is 6.42 Å². The molecular formula is C17H17NO5. The van der Waals surface area contributed by atoms with Crippen molar-refractivity contribution in [2.24, 2.45) is 0 Å². The van der Waals surface area contributed by atoms with Gasteiger partial charge in [0.15, 0.2) is 23.0 Å². The number of amides is 1. The van der Waals surface area contributed by atoms with Crippen molar-refractivity contribution in [1.29, 1.82) is 0 Å². The number of carbonyl (C=O) groups excluding carboxylic acids is 1. The number of phenols is 4. The molecule has 2 aromatic rings. The Hall–Kier alpha value is -3.15. The van der Waals surface area contributed by atoms with Gasteiger partial charge in [-0.2, -0.15) is 0 Å². The number of aromatic hydroxyl groups is 4. The molecule has 120 valence electrons. The Morgan fingerprint density at radius 3 is 2.13 bits per heavy atom. The van der Waals surface area contributed by atoms with E-state index in [0.717, 1.165) is 5.56 Å². The van der Waals surface area contributed by atoms with Crippen LogP contribution in [0.4, 0.5) is 0 Å². The minimum Gasteiger partial charge on any atom is -0.504 e. The second-order valence-electron chi connectivity index (χ2n) is 5.01. The highest BCUT2D eigenvalue weighted by molar-refractivity contribution is 6.18. The number of phenolic OH excluding ortho intramolecular Hbond substituents is 4. The Kier molecular flexibility index (Phi) is 4.75. The summed E-state index contributed by atoms with van der Waals surface area (Å²) in [5.41, 5.74) is 1.32. The summed E-state index contributed by atoms with van der Waals surface area (Å²) < 4.78 is 0. The van der Waals surface area contributed by atoms with Crippen molar-refractivity contribution in [3.05, 3.63) is 54.1 Å². The Labute approximate surface area is 133 Å². The molecule has 0 fully saturated rings. The molecule has 5 N–H and O–H groups in total. The zero-order valence-electron chi connectivity index (χ0n) is 12.3. The zero-order valence-corrected chi connectivity index (χ0v) is 12.3. The summed E-state index contributed by atoms with van der Waals surface area (Å²) in [6, 6.07) is 8.47. The predicted octanol–water partition coefficient (Wildman–Crippen LogP) is 1.88. The van der Waals surface area contributed by atoms with Gasteiger partial charge in [-0.3, -0.25) is 4.79 Å². The lowest BCUT2D eigenvalue weighted by Gasteiger charge is -2.09. The Morgan fingerprint density at radius 1 is 0.913 bits per heavy atom. The van der Waals surface area contributed by atoms with Crippen LogP contribution in [0.25, 0.3) is 5.57 Å². The lowest BCUT2D eigenvalue weighted by atomic mass is 10.1. The quantitative estimate of drug-likeness (QED) is 0.427. The van der Waals surface area contributed by atoms with Crippen LogP contribution in [0.5, 0.6) is 23.0 Å². The SMILES string of the molecule is C=C(C(=O)NCCc1ccc(O)c(O)c1)c1ccc(O)c(O)c1. The molecule has 6 heteroatoms. The maximum absolute atomic E-state index is 12.0. The van der Waals surface area contributed by atoms with Crippen LogP contribution in [-0.2, 0) is 11.2 Å². The number of benzene rings is 2. The van der Waals surface area contributed by atoms with E-state index in [2.05, 4.69) is 11.9 Å². The Balaban J connectivity index is 1.92. The summed E-state index contributed by atoms with van der Waals surface area (Å²) in [4.78, 5) is 12.0. The molecule has 0 unspecified atom stereocenters. The minimum absolute atomic E-state index is 0.161. The standard InChI is InChI=1S/C17H17NO5/c1-10(12-3-5-14(20)16(22)9-12)17(23)18-7-6-11-2-4-13(19)15(21)8-11/h2-5,8-9,19-22H,1,6-7H2,(H,18,23). The zero-order chi connectivity index (χ0) is 17.0. The van der Waals surface area contributed by atoms with E-state index in [4.69, 9.17) is 0 Å². The van der Waals surface area contributed by atoms with Gasteiger partial charge in [0.05, 0.1) is 0 Å². The van der Waals surface area contributed by atoms with E-state index < -0.39 is 5.91 Å². The highest BCUT2D eigenvalue weighted by Crippen LogP contribution is 2.28. The second kappa shape index (κ2) is 6.74. The molecule has 6 nitrogen and oxygen atoms in total. The summed E-state index contributed by atoms with van der Waals surface area (Å²) >= 11 is 0. The largest absolute Gasteiger partial charge is 0.504 e. The third-order valence-corrected chi connectivity index (χ3v) is 3.34. The van der Waals surface area contributed by atoms with Crippen molar-refractivity contribution >= 4 is 11.5 Å². The van der Waals surface area contributed by atoms with Crippen molar-refractivity contribution in [1.82, 2.24) is 5.32 Å². The molecule has 0 saturated carbocycles. The van der Waals surface area contributed by atoms with Crippen LogP contribution in [0.15, 0.2) is 43.0 Å². The molecule has 2 rings (SSSR count). The molecule has 0 spiro atoms. The molecule has 0 atom stereocenters. The van der Waals surface area contributed by atoms with Crippen molar-refractivity contribution < 1.29 is 25.2 Å². The molecule has 0 aliphatic rings. The third kappa shape index (κ3) is 3.94. The molecule has 1 amide bonds. The number of hydrogen-bond acceptors (Lipinski definition) is 5. The smallest absolute Gasteiger partial charge is 0.251 e. The van der Waals surface area contributed by atoms with Gasteiger partial charge in [-0.05, 0) is 41.8 Å². The van der Waals surface area contributed by atoms with E-state index in [1.165, 1.54) is 30.3 Å². The fourth-order valence-electron chi connectivity index (χ4n) is 1.99. The fraction of sp³-hybridized carbons (Fsp3) is 0.118. The first-order valence-corrected chi connectivity index (χ1v) is 6.89. The summed E-state index contributed by atoms with van der Waals surface area (Å²) in [6.45, 7) is 3.98. The van der Waals surface area contributed by atoms with Crippen LogP contribution in [0.2, 0.25) is 0 Å². The van der Waals surface area contributed by atoms with Gasteiger partial charge in [0.25, 0.3) is 5.91 Å². The summed E-state index contributed by atoms with van der Waals surface area (Å²) in [7, 11) is 0. The van der Waals surface area contributed by atoms with Crippen LogP contribution in [0.3, 0.4) is 0 Å². The second-order valence-corrected chi connectivity index (χ2v) is 5.01. The number of carbonyl (C=O) groups is 1. The third-order valence-electron chi connectivity index (χ3n) is 3.34. The molecule has 0 saturated heterocycles. The van der Waals surface area contributed by atoms with Gasteiger partial charge in [-0.1, -0.05) is 18.7 Å². The van der Waals surface area contributed by atoms with E-state index in [9.17, 15) is 25.2 Å². The first-order valence-electron chi connectivity index (χ1n) is 6.89. The molecule has 0 radical (unpaired) electrons. The first-order chi connectivity index (χ1) is 10.9. The molecule has 23 heavy (non-hydrogen) atoms. The van der Waals surface area contributed by atoms with Crippen LogP contribution < -0.4 is 5.32 Å². The highest BCUT2D eigenvalue weighted by atomic mass is 16.3. The number of nitrogens with one attached hydrogen (secondary N) is 1. The summed E-state index contributed by atoms with van der Waals surface area (Å²) in [5.74, 6) is -1.40. The fourth-order valence-corrected chi connectivity index (χ4v) is 1.99. The van der Waals surface area contributed by atoms with Crippen LogP contribution in [0, 0.1) is 0 Å². The number of rotatable bonds is 5. The minimum atomic E-state index is -0.405. The normalized spacial score (nSPS) is 10.3. The van der Waals surface area contributed by atoms with Gasteiger partial charge >= 0.3 is 0 Å². The van der Waals surface area contributed by atoms with Gasteiger partial charge in [-0.25, -0.2) is 0 Å². The first kappa shape index (κ1) is 16.2. The van der Waals surface area contributed by atoms with Gasteiger partial charge in [-0.15, -0.1) is 0 Å². The van der Waals surface area contributed by atoms with Gasteiger partial charge in [0.2, 0.25) is 0 Å². The lowest BCUT2D eigenvalue weighted by molar-refractivity contribution is -0.115. The monoisotopic (exact) mass is 315 g/mol. The summed E-state index contributed by atoms with van der Waals surface area (Å²) in [5, 5.41) is 40.0. The van der Waals surface area contributed by atoms with E-state index in [-0.39, 0.29) is 28.6 Å². The molecule has 0 aliphatic heterocycles. The topological polar surface area (TPSA) is 110 Å². The molecular weight excluding hydrogens is 298 g/mol. The predicted molar refractivity (Wildman–Crippen MR) is 85.3 cm³/mol. The highest BCUT2D eigenvalue weighted by Gasteiger charge is 2.11. The Morgan fingerprint density at radius 2 is 1.52 bits per heavy atom.